The van der Waals surface area contributed by atoms with Crippen molar-refractivity contribution in [2.45, 2.75) is 41.5 Å². The summed E-state index contributed by atoms with van der Waals surface area (Å²) in [6, 6.07) is 73.1. The van der Waals surface area contributed by atoms with E-state index in [1.807, 2.05) is 0 Å². The van der Waals surface area contributed by atoms with E-state index >= 15 is 0 Å². The van der Waals surface area contributed by atoms with Crippen molar-refractivity contribution in [2.75, 3.05) is 10.2 Å². The second-order valence-electron chi connectivity index (χ2n) is 16.2. The monoisotopic (exact) mass is 1050 g/mol. The molecule has 10 aromatic rings. The van der Waals surface area contributed by atoms with Crippen molar-refractivity contribution in [2.24, 2.45) is 0 Å². The van der Waals surface area contributed by atoms with Crippen molar-refractivity contribution in [1.82, 2.24) is 0 Å². The summed E-state index contributed by atoms with van der Waals surface area (Å²) in [5, 5.41) is 28.3. The SMILES string of the molecule is Brc1c2ccccc2cc2ccccc12.CC(=O)O.CC(=O)O.Cc1ccc(N(c2ccc(C)cc2)c2c3ccccc3cc3ccccc23)cc1.Cc1ccc(Nc2ccc(C)cc2)cc1.[Pd]. The Morgan fingerprint density at radius 1 is 0.412 bits per heavy atom. The molecule has 0 aliphatic carbocycles. The molecule has 0 amide bonds. The van der Waals surface area contributed by atoms with Crippen LogP contribution >= 0.6 is 15.9 Å². The average molecular weight is 1050 g/mol. The van der Waals surface area contributed by atoms with E-state index in [0.717, 1.165) is 25.2 Å². The summed E-state index contributed by atoms with van der Waals surface area (Å²) >= 11 is 3.68. The summed E-state index contributed by atoms with van der Waals surface area (Å²) in [5.74, 6) is -1.67. The van der Waals surface area contributed by atoms with Crippen LogP contribution in [-0.4, -0.2) is 22.2 Å². The maximum absolute atomic E-state index is 9.00. The smallest absolute Gasteiger partial charge is 0.300 e. The Bertz CT molecular complexity index is 3010. The first-order valence-corrected chi connectivity index (χ1v) is 22.8. The Morgan fingerprint density at radius 2 is 0.662 bits per heavy atom. The van der Waals surface area contributed by atoms with Crippen molar-refractivity contribution >= 4 is 99.4 Å². The minimum Gasteiger partial charge on any atom is -0.481 e. The van der Waals surface area contributed by atoms with Gasteiger partial charge in [-0.1, -0.05) is 168 Å². The molecule has 68 heavy (non-hydrogen) atoms. The van der Waals surface area contributed by atoms with Gasteiger partial charge in [-0.15, -0.1) is 0 Å². The molecule has 0 atom stereocenters. The Morgan fingerprint density at radius 3 is 0.971 bits per heavy atom. The second-order valence-corrected chi connectivity index (χ2v) is 17.0. The maximum atomic E-state index is 9.00. The zero-order chi connectivity index (χ0) is 47.9. The van der Waals surface area contributed by atoms with Crippen LogP contribution in [0.1, 0.15) is 36.1 Å². The van der Waals surface area contributed by atoms with Crippen LogP contribution in [0.2, 0.25) is 0 Å². The van der Waals surface area contributed by atoms with Gasteiger partial charge in [0, 0.05) is 72.3 Å². The normalized spacial score (nSPS) is 10.1. The van der Waals surface area contributed by atoms with Crippen molar-refractivity contribution in [3.05, 3.63) is 233 Å². The van der Waals surface area contributed by atoms with Crippen molar-refractivity contribution in [1.29, 1.82) is 0 Å². The van der Waals surface area contributed by atoms with Crippen molar-refractivity contribution < 1.29 is 40.2 Å². The van der Waals surface area contributed by atoms with E-state index in [0.29, 0.717) is 0 Å². The molecule has 0 heterocycles. The molecule has 3 N–H and O–H groups in total. The van der Waals surface area contributed by atoms with Crippen LogP contribution in [0.15, 0.2) is 211 Å². The molecule has 0 spiro atoms. The van der Waals surface area contributed by atoms with Gasteiger partial charge >= 0.3 is 0 Å². The number of carbonyl (C=O) groups is 2. The van der Waals surface area contributed by atoms with Gasteiger partial charge in [0.05, 0.1) is 5.69 Å². The number of aryl methyl sites for hydroxylation is 4. The molecule has 0 unspecified atom stereocenters. The summed E-state index contributed by atoms with van der Waals surface area (Å²) in [6.45, 7) is 10.6. The van der Waals surface area contributed by atoms with E-state index < -0.39 is 11.9 Å². The molecule has 0 aliphatic rings. The van der Waals surface area contributed by atoms with Crippen molar-refractivity contribution in [3.8, 4) is 0 Å². The fraction of sp³-hybridized carbons (Fsp3) is 0.100. The number of halogens is 1. The number of carboxylic acids is 2. The number of nitrogens with one attached hydrogen (secondary N) is 1. The molecular weight excluding hydrogens is 999 g/mol. The van der Waals surface area contributed by atoms with Gasteiger partial charge in [0.15, 0.2) is 0 Å². The summed E-state index contributed by atoms with van der Waals surface area (Å²) in [7, 11) is 0. The van der Waals surface area contributed by atoms with Crippen LogP contribution in [0, 0.1) is 27.7 Å². The minimum absolute atomic E-state index is 0. The molecule has 0 saturated carbocycles. The molecule has 6 nitrogen and oxygen atoms in total. The summed E-state index contributed by atoms with van der Waals surface area (Å²) in [6.07, 6.45) is 0. The van der Waals surface area contributed by atoms with Gasteiger partial charge in [0.2, 0.25) is 0 Å². The molecule has 10 rings (SSSR count). The minimum atomic E-state index is -0.833. The van der Waals surface area contributed by atoms with E-state index in [-0.39, 0.29) is 20.4 Å². The van der Waals surface area contributed by atoms with Crippen LogP contribution in [0.3, 0.4) is 0 Å². The second kappa shape index (κ2) is 25.2. The van der Waals surface area contributed by atoms with Crippen LogP contribution in [0.4, 0.5) is 28.4 Å². The Kier molecular flexibility index (Phi) is 19.2. The number of carboxylic acid groups (broad SMARTS) is 2. The fourth-order valence-electron chi connectivity index (χ4n) is 7.42. The molecule has 0 fully saturated rings. The number of rotatable bonds is 5. The number of hydrogen-bond acceptors (Lipinski definition) is 4. The van der Waals surface area contributed by atoms with Crippen LogP contribution in [0.5, 0.6) is 0 Å². The number of aliphatic carboxylic acids is 2. The number of anilines is 5. The first kappa shape index (κ1) is 51.9. The van der Waals surface area contributed by atoms with Gasteiger partial charge in [-0.25, -0.2) is 0 Å². The number of hydrogen-bond donors (Lipinski definition) is 3. The topological polar surface area (TPSA) is 89.9 Å². The van der Waals surface area contributed by atoms with Gasteiger partial charge in [-0.2, -0.15) is 0 Å². The number of fused-ring (bicyclic) bond motifs is 4. The van der Waals surface area contributed by atoms with E-state index in [9.17, 15) is 0 Å². The van der Waals surface area contributed by atoms with E-state index in [1.165, 1.54) is 86.9 Å². The molecular formula is C60H55BrN2O4Pd. The van der Waals surface area contributed by atoms with Crippen LogP contribution in [0.25, 0.3) is 43.1 Å². The zero-order valence-electron chi connectivity index (χ0n) is 39.0. The zero-order valence-corrected chi connectivity index (χ0v) is 42.1. The summed E-state index contributed by atoms with van der Waals surface area (Å²) < 4.78 is 1.19. The molecule has 0 bridgehead atoms. The van der Waals surface area contributed by atoms with E-state index in [2.05, 4.69) is 260 Å². The maximum Gasteiger partial charge on any atom is 0.300 e. The average Bonchev–Trinajstić information content (AvgIpc) is 3.32. The number of benzene rings is 10. The van der Waals surface area contributed by atoms with Crippen LogP contribution in [-0.2, 0) is 30.0 Å². The predicted molar refractivity (Wildman–Crippen MR) is 287 cm³/mol. The first-order valence-electron chi connectivity index (χ1n) is 22.0. The molecule has 10 aromatic carbocycles. The predicted octanol–water partition coefficient (Wildman–Crippen LogP) is 17.1. The molecule has 8 heteroatoms. The Hall–Kier alpha value is -7.08. The van der Waals surface area contributed by atoms with Gasteiger partial charge in [-0.05, 0) is 137 Å². The number of nitrogens with zero attached hydrogens (tertiary/aromatic N) is 1. The molecule has 0 saturated heterocycles. The third-order valence-corrected chi connectivity index (χ3v) is 11.5. The van der Waals surface area contributed by atoms with Gasteiger partial charge < -0.3 is 20.4 Å². The largest absolute Gasteiger partial charge is 0.481 e. The standard InChI is InChI=1S/C28H23N.C14H9Br.C14H15N.2C2H4O2.Pd/c1-20-11-15-24(16-12-20)29(25-17-13-21(2)14-18-25)28-26-9-5-3-7-22(26)19-23-8-4-6-10-27(23)28;15-14-12-7-3-1-5-10(12)9-11-6-2-4-8-13(11)14;1-11-3-7-13(8-4-11)15-14-9-5-12(2)6-10-14;2*1-2(3)4;/h3-19H,1-2H3;1-9H;3-10,15H,1-2H3;2*1H3,(H,3,4);. The fourth-order valence-corrected chi connectivity index (χ4v) is 8.15. The van der Waals surface area contributed by atoms with Gasteiger partial charge in [0.25, 0.3) is 11.9 Å². The van der Waals surface area contributed by atoms with Crippen molar-refractivity contribution in [3.63, 3.8) is 0 Å². The molecule has 0 aromatic heterocycles. The quantitative estimate of drug-likeness (QED) is 0.118. The molecule has 0 aliphatic heterocycles. The van der Waals surface area contributed by atoms with E-state index in [1.54, 1.807) is 0 Å². The van der Waals surface area contributed by atoms with Gasteiger partial charge in [0.1, 0.15) is 0 Å². The molecule has 346 valence electrons. The Balaban J connectivity index is 0.000000188. The summed E-state index contributed by atoms with van der Waals surface area (Å²) in [4.78, 5) is 20.4. The summed E-state index contributed by atoms with van der Waals surface area (Å²) in [5.41, 5.74) is 10.9. The van der Waals surface area contributed by atoms with Crippen LogP contribution < -0.4 is 10.2 Å². The van der Waals surface area contributed by atoms with E-state index in [4.69, 9.17) is 19.8 Å². The third kappa shape index (κ3) is 14.5. The van der Waals surface area contributed by atoms with Gasteiger partial charge in [-0.3, -0.25) is 9.59 Å². The first-order chi connectivity index (χ1) is 32.3. The Labute approximate surface area is 421 Å². The molecule has 0 radical (unpaired) electrons. The third-order valence-electron chi connectivity index (χ3n) is 10.6.